The second kappa shape index (κ2) is 5.09. The van der Waals surface area contributed by atoms with Gasteiger partial charge >= 0.3 is 0 Å². The molecule has 0 amide bonds. The zero-order chi connectivity index (χ0) is 13.2. The number of halogens is 1. The van der Waals surface area contributed by atoms with Crippen LogP contribution < -0.4 is 10.6 Å². The second-order valence-corrected chi connectivity index (χ2v) is 5.01. The topological polar surface area (TPSA) is 68.2 Å². The minimum atomic E-state index is 0.189. The molecule has 0 saturated carbocycles. The average Bonchev–Trinajstić information content (AvgIpc) is 2.91. The summed E-state index contributed by atoms with van der Waals surface area (Å²) in [6.07, 6.45) is 5.04. The monoisotopic (exact) mass is 278 g/mol. The molecule has 100 valence electrons. The van der Waals surface area contributed by atoms with E-state index >= 15 is 0 Å². The van der Waals surface area contributed by atoms with Crippen molar-refractivity contribution in [1.82, 2.24) is 9.97 Å². The van der Waals surface area contributed by atoms with Crippen molar-refractivity contribution in [3.05, 3.63) is 35.4 Å². The summed E-state index contributed by atoms with van der Waals surface area (Å²) < 4.78 is 5.54. The van der Waals surface area contributed by atoms with Gasteiger partial charge < -0.3 is 15.1 Å². The number of piperidine rings is 1. The largest absolute Gasteiger partial charge is 0.467 e. The summed E-state index contributed by atoms with van der Waals surface area (Å²) in [6, 6.07) is 5.84. The van der Waals surface area contributed by atoms with Crippen LogP contribution in [0.15, 0.2) is 28.9 Å². The van der Waals surface area contributed by atoms with Gasteiger partial charge in [-0.25, -0.2) is 4.98 Å². The maximum atomic E-state index is 5.96. The molecule has 1 atom stereocenters. The molecule has 1 aliphatic rings. The summed E-state index contributed by atoms with van der Waals surface area (Å²) in [5.41, 5.74) is 5.67. The van der Waals surface area contributed by atoms with Crippen LogP contribution in [0.1, 0.15) is 31.1 Å². The maximum absolute atomic E-state index is 5.96. The number of anilines is 2. The Bertz CT molecular complexity index is 538. The van der Waals surface area contributed by atoms with Gasteiger partial charge in [-0.1, -0.05) is 11.6 Å². The first-order valence-corrected chi connectivity index (χ1v) is 6.72. The van der Waals surface area contributed by atoms with Crippen molar-refractivity contribution in [3.8, 4) is 0 Å². The Hall–Kier alpha value is -1.75. The Morgan fingerprint density at radius 1 is 1.37 bits per heavy atom. The number of nitrogen functional groups attached to an aromatic ring is 1. The highest BCUT2D eigenvalue weighted by Crippen LogP contribution is 2.35. The molecule has 2 N–H and O–H groups in total. The molecule has 2 aromatic rings. The van der Waals surface area contributed by atoms with Crippen molar-refractivity contribution in [2.45, 2.75) is 25.3 Å². The van der Waals surface area contributed by atoms with Gasteiger partial charge in [-0.2, -0.15) is 4.98 Å². The first-order valence-electron chi connectivity index (χ1n) is 6.34. The summed E-state index contributed by atoms with van der Waals surface area (Å²) in [7, 11) is 0. The van der Waals surface area contributed by atoms with Gasteiger partial charge in [0.1, 0.15) is 16.7 Å². The van der Waals surface area contributed by atoms with E-state index in [0.29, 0.717) is 5.15 Å². The highest BCUT2D eigenvalue weighted by atomic mass is 35.5. The number of hydrogen-bond donors (Lipinski definition) is 1. The van der Waals surface area contributed by atoms with Crippen LogP contribution in [-0.4, -0.2) is 16.5 Å². The second-order valence-electron chi connectivity index (χ2n) is 4.63. The SMILES string of the molecule is Nc1nc(Cl)cc(N2CCCCC2c2ccco2)n1. The number of rotatable bonds is 2. The first-order chi connectivity index (χ1) is 9.24. The lowest BCUT2D eigenvalue weighted by molar-refractivity contribution is 0.389. The van der Waals surface area contributed by atoms with Crippen LogP contribution in [0, 0.1) is 0 Å². The van der Waals surface area contributed by atoms with Gasteiger partial charge in [0.25, 0.3) is 0 Å². The number of nitrogens with two attached hydrogens (primary N) is 1. The molecule has 0 aromatic carbocycles. The molecular formula is C13H15ClN4O. The third-order valence-electron chi connectivity index (χ3n) is 3.37. The van der Waals surface area contributed by atoms with Gasteiger partial charge in [0, 0.05) is 12.6 Å². The number of furan rings is 1. The van der Waals surface area contributed by atoms with Crippen LogP contribution >= 0.6 is 11.6 Å². The van der Waals surface area contributed by atoms with E-state index in [0.717, 1.165) is 31.0 Å². The first kappa shape index (κ1) is 12.3. The highest BCUT2D eigenvalue weighted by Gasteiger charge is 2.27. The maximum Gasteiger partial charge on any atom is 0.223 e. The Morgan fingerprint density at radius 3 is 3.00 bits per heavy atom. The van der Waals surface area contributed by atoms with Gasteiger partial charge in [-0.3, -0.25) is 0 Å². The fourth-order valence-corrected chi connectivity index (χ4v) is 2.74. The quantitative estimate of drug-likeness (QED) is 0.855. The van der Waals surface area contributed by atoms with E-state index in [9.17, 15) is 0 Å². The molecule has 0 bridgehead atoms. The minimum absolute atomic E-state index is 0.189. The van der Waals surface area contributed by atoms with Gasteiger partial charge in [0.05, 0.1) is 12.3 Å². The summed E-state index contributed by atoms with van der Waals surface area (Å²) in [5.74, 6) is 1.91. The summed E-state index contributed by atoms with van der Waals surface area (Å²) in [4.78, 5) is 10.4. The average molecular weight is 279 g/mol. The van der Waals surface area contributed by atoms with Crippen LogP contribution in [0.5, 0.6) is 0 Å². The van der Waals surface area contributed by atoms with E-state index in [1.165, 1.54) is 6.42 Å². The van der Waals surface area contributed by atoms with E-state index < -0.39 is 0 Å². The smallest absolute Gasteiger partial charge is 0.223 e. The molecule has 2 aromatic heterocycles. The zero-order valence-corrected chi connectivity index (χ0v) is 11.2. The summed E-state index contributed by atoms with van der Waals surface area (Å²) >= 11 is 5.96. The molecule has 0 spiro atoms. The van der Waals surface area contributed by atoms with E-state index in [2.05, 4.69) is 14.9 Å². The number of hydrogen-bond acceptors (Lipinski definition) is 5. The fourth-order valence-electron chi connectivity index (χ4n) is 2.55. The standard InChI is InChI=1S/C13H15ClN4O/c14-11-8-12(17-13(15)16-11)18-6-2-1-4-9(18)10-5-3-7-19-10/h3,5,7-9H,1-2,4,6H2,(H2,15,16,17). The molecular weight excluding hydrogens is 264 g/mol. The van der Waals surface area contributed by atoms with E-state index in [1.54, 1.807) is 12.3 Å². The molecule has 5 nitrogen and oxygen atoms in total. The van der Waals surface area contributed by atoms with E-state index in [1.807, 2.05) is 12.1 Å². The van der Waals surface area contributed by atoms with Crippen molar-refractivity contribution in [3.63, 3.8) is 0 Å². The zero-order valence-electron chi connectivity index (χ0n) is 10.4. The lowest BCUT2D eigenvalue weighted by atomic mass is 10.00. The minimum Gasteiger partial charge on any atom is -0.467 e. The van der Waals surface area contributed by atoms with Gasteiger partial charge in [-0.05, 0) is 31.4 Å². The Balaban J connectivity index is 1.96. The lowest BCUT2D eigenvalue weighted by Crippen LogP contribution is -2.34. The predicted octanol–water partition coefficient (Wildman–Crippen LogP) is 3.04. The van der Waals surface area contributed by atoms with Crippen molar-refractivity contribution in [2.75, 3.05) is 17.2 Å². The molecule has 3 rings (SSSR count). The van der Waals surface area contributed by atoms with Crippen LogP contribution in [0.4, 0.5) is 11.8 Å². The Morgan fingerprint density at radius 2 is 2.26 bits per heavy atom. The van der Waals surface area contributed by atoms with Crippen LogP contribution in [0.2, 0.25) is 5.15 Å². The summed E-state index contributed by atoms with van der Waals surface area (Å²) in [5, 5.41) is 0.367. The molecule has 1 fully saturated rings. The van der Waals surface area contributed by atoms with Gasteiger partial charge in [-0.15, -0.1) is 0 Å². The fraction of sp³-hybridized carbons (Fsp3) is 0.385. The number of aromatic nitrogens is 2. The highest BCUT2D eigenvalue weighted by molar-refractivity contribution is 6.29. The Kier molecular flexibility index (Phi) is 3.29. The van der Waals surface area contributed by atoms with Crippen molar-refractivity contribution >= 4 is 23.4 Å². The molecule has 1 aliphatic heterocycles. The predicted molar refractivity (Wildman–Crippen MR) is 74.1 cm³/mol. The van der Waals surface area contributed by atoms with Crippen molar-refractivity contribution < 1.29 is 4.42 Å². The van der Waals surface area contributed by atoms with E-state index in [4.69, 9.17) is 21.8 Å². The Labute approximate surface area is 116 Å². The molecule has 1 unspecified atom stereocenters. The molecule has 19 heavy (non-hydrogen) atoms. The number of nitrogens with zero attached hydrogens (tertiary/aromatic N) is 3. The molecule has 6 heteroatoms. The summed E-state index contributed by atoms with van der Waals surface area (Å²) in [6.45, 7) is 0.915. The van der Waals surface area contributed by atoms with Gasteiger partial charge in [0.15, 0.2) is 0 Å². The third kappa shape index (κ3) is 2.51. The van der Waals surface area contributed by atoms with Crippen molar-refractivity contribution in [1.29, 1.82) is 0 Å². The normalized spacial score (nSPS) is 19.6. The molecule has 3 heterocycles. The lowest BCUT2D eigenvalue weighted by Gasteiger charge is -2.35. The van der Waals surface area contributed by atoms with Crippen LogP contribution in [0.25, 0.3) is 0 Å². The van der Waals surface area contributed by atoms with Crippen molar-refractivity contribution in [2.24, 2.45) is 0 Å². The molecule has 0 radical (unpaired) electrons. The van der Waals surface area contributed by atoms with Crippen LogP contribution in [0.3, 0.4) is 0 Å². The molecule has 1 saturated heterocycles. The third-order valence-corrected chi connectivity index (χ3v) is 3.56. The molecule has 0 aliphatic carbocycles. The van der Waals surface area contributed by atoms with Gasteiger partial charge in [0.2, 0.25) is 5.95 Å². The van der Waals surface area contributed by atoms with Crippen LogP contribution in [-0.2, 0) is 0 Å². The van der Waals surface area contributed by atoms with E-state index in [-0.39, 0.29) is 12.0 Å².